The van der Waals surface area contributed by atoms with E-state index in [4.69, 9.17) is 4.42 Å². The van der Waals surface area contributed by atoms with Crippen LogP contribution in [-0.2, 0) is 21.7 Å². The molecule has 0 bridgehead atoms. The standard InChI is InChI=1S/C82H80N2OSSi/c1-53-21-19-23-62(49-53)83(60-39-29-55(30-40-60)79(3,4)5)72-51-70-75(68-26-16-15-25-67(68)72)77-71(82(70,59-37-47-66(48-38-59)87(12,13)14)58-35-45-65(46-36-58)86-64-43-33-57(34-44-64)81(9,10)11)52-73(78-76(77)69-27-17-18-28-74(69)85-78)84(63-24-20-22-54(2)50-63)61-41-31-56(32-42-61)80(6,7)8/h15-52H,1-14H3. The molecule has 1 aliphatic carbocycles. The maximum atomic E-state index is 7.47. The van der Waals surface area contributed by atoms with E-state index in [0.29, 0.717) is 0 Å². The first-order chi connectivity index (χ1) is 41.5. The molecular formula is C82H80N2OSSi. The summed E-state index contributed by atoms with van der Waals surface area (Å²) in [6.45, 7) is 32.4. The molecule has 11 aromatic carbocycles. The third-order valence-electron chi connectivity index (χ3n) is 18.1. The maximum absolute atomic E-state index is 7.47. The summed E-state index contributed by atoms with van der Waals surface area (Å²) in [5.41, 5.74) is 20.9. The van der Waals surface area contributed by atoms with Gasteiger partial charge in [-0.1, -0.05) is 238 Å². The molecule has 0 amide bonds. The van der Waals surface area contributed by atoms with Crippen molar-refractivity contribution in [3.8, 4) is 11.1 Å². The van der Waals surface area contributed by atoms with Gasteiger partial charge in [-0.05, 0) is 188 Å². The molecule has 0 spiro atoms. The van der Waals surface area contributed by atoms with Crippen LogP contribution in [0, 0.1) is 13.8 Å². The van der Waals surface area contributed by atoms with Gasteiger partial charge in [-0.25, -0.2) is 0 Å². The fourth-order valence-corrected chi connectivity index (χ4v) is 15.4. The van der Waals surface area contributed by atoms with Gasteiger partial charge >= 0.3 is 0 Å². The van der Waals surface area contributed by atoms with Crippen LogP contribution in [0.4, 0.5) is 34.1 Å². The van der Waals surface area contributed by atoms with Crippen molar-refractivity contribution >= 4 is 91.9 Å². The van der Waals surface area contributed by atoms with E-state index in [1.165, 1.54) is 86.9 Å². The zero-order valence-corrected chi connectivity index (χ0v) is 55.0. The fourth-order valence-electron chi connectivity index (χ4n) is 13.4. The molecule has 0 fully saturated rings. The lowest BCUT2D eigenvalue weighted by molar-refractivity contribution is 0.589. The predicted octanol–water partition coefficient (Wildman–Crippen LogP) is 23.2. The molecule has 87 heavy (non-hydrogen) atoms. The maximum Gasteiger partial charge on any atom is 0.160 e. The van der Waals surface area contributed by atoms with Crippen LogP contribution in [0.25, 0.3) is 43.8 Å². The zero-order valence-electron chi connectivity index (χ0n) is 53.2. The Kier molecular flexibility index (Phi) is 14.3. The van der Waals surface area contributed by atoms with Crippen molar-refractivity contribution in [2.24, 2.45) is 0 Å². The highest BCUT2D eigenvalue weighted by atomic mass is 32.2. The quantitative estimate of drug-likeness (QED) is 0.120. The van der Waals surface area contributed by atoms with Gasteiger partial charge in [-0.2, -0.15) is 0 Å². The number of rotatable bonds is 11. The van der Waals surface area contributed by atoms with Crippen molar-refractivity contribution in [3.05, 3.63) is 281 Å². The van der Waals surface area contributed by atoms with Crippen molar-refractivity contribution in [3.63, 3.8) is 0 Å². The first kappa shape index (κ1) is 57.7. The van der Waals surface area contributed by atoms with Crippen molar-refractivity contribution in [1.29, 1.82) is 0 Å². The minimum Gasteiger partial charge on any atom is -0.454 e. The van der Waals surface area contributed by atoms with Crippen LogP contribution in [-0.4, -0.2) is 8.07 Å². The second-order valence-electron chi connectivity index (χ2n) is 28.4. The summed E-state index contributed by atoms with van der Waals surface area (Å²) in [7, 11) is -1.76. The first-order valence-electron chi connectivity index (χ1n) is 31.0. The minimum absolute atomic E-state index is 0.0133. The average molecular weight is 1170 g/mol. The summed E-state index contributed by atoms with van der Waals surface area (Å²) >= 11 is 1.82. The van der Waals surface area contributed by atoms with Crippen LogP contribution in [0.15, 0.2) is 245 Å². The Morgan fingerprint density at radius 3 is 1.31 bits per heavy atom. The summed E-state index contributed by atoms with van der Waals surface area (Å²) in [4.78, 5) is 7.39. The summed E-state index contributed by atoms with van der Waals surface area (Å²) in [6, 6.07) is 88.2. The Labute approximate surface area is 521 Å². The number of nitrogens with zero attached hydrogens (tertiary/aromatic N) is 2. The van der Waals surface area contributed by atoms with E-state index in [2.05, 4.69) is 336 Å². The molecule has 12 aromatic rings. The normalized spacial score (nSPS) is 14.4. The highest BCUT2D eigenvalue weighted by Crippen LogP contribution is 2.64. The molecule has 1 unspecified atom stereocenters. The molecule has 0 radical (unpaired) electrons. The van der Waals surface area contributed by atoms with Crippen LogP contribution < -0.4 is 15.0 Å². The Morgan fingerprint density at radius 2 is 0.816 bits per heavy atom. The van der Waals surface area contributed by atoms with Crippen LogP contribution in [0.1, 0.15) is 112 Å². The molecule has 0 N–H and O–H groups in total. The average Bonchev–Trinajstić information content (AvgIpc) is 1.52. The van der Waals surface area contributed by atoms with Crippen LogP contribution in [0.5, 0.6) is 0 Å². The molecule has 0 aliphatic heterocycles. The molecule has 0 saturated carbocycles. The van der Waals surface area contributed by atoms with Gasteiger partial charge in [-0.15, -0.1) is 0 Å². The minimum atomic E-state index is -1.76. The smallest absolute Gasteiger partial charge is 0.160 e. The Balaban J connectivity index is 1.19. The number of fused-ring (bicyclic) bond motifs is 9. The number of para-hydroxylation sites is 1. The molecule has 5 heteroatoms. The molecule has 1 aliphatic rings. The molecule has 1 heterocycles. The monoisotopic (exact) mass is 1170 g/mol. The molecule has 13 rings (SSSR count). The molecule has 434 valence electrons. The molecule has 3 nitrogen and oxygen atoms in total. The number of furan rings is 1. The second kappa shape index (κ2) is 21.5. The molecular weight excluding hydrogens is 1090 g/mol. The van der Waals surface area contributed by atoms with E-state index in [-0.39, 0.29) is 16.2 Å². The van der Waals surface area contributed by atoms with Gasteiger partial charge in [0.15, 0.2) is 5.58 Å². The Hall–Kier alpha value is -8.35. The summed E-state index contributed by atoms with van der Waals surface area (Å²) in [5, 5.41) is 5.98. The third kappa shape index (κ3) is 10.3. The summed E-state index contributed by atoms with van der Waals surface area (Å²) < 4.78 is 7.47. The highest BCUT2D eigenvalue weighted by Gasteiger charge is 2.50. The van der Waals surface area contributed by atoms with Crippen LogP contribution in [0.2, 0.25) is 19.6 Å². The zero-order chi connectivity index (χ0) is 61.0. The number of anilines is 6. The van der Waals surface area contributed by atoms with Gasteiger partial charge < -0.3 is 14.2 Å². The summed E-state index contributed by atoms with van der Waals surface area (Å²) in [5.74, 6) is 0. The van der Waals surface area contributed by atoms with Crippen molar-refractivity contribution in [2.45, 2.75) is 127 Å². The Morgan fingerprint density at radius 1 is 0.391 bits per heavy atom. The first-order valence-corrected chi connectivity index (χ1v) is 35.3. The predicted molar refractivity (Wildman–Crippen MR) is 377 cm³/mol. The van der Waals surface area contributed by atoms with Gasteiger partial charge in [0.2, 0.25) is 0 Å². The van der Waals surface area contributed by atoms with Gasteiger partial charge in [0.25, 0.3) is 0 Å². The van der Waals surface area contributed by atoms with Crippen molar-refractivity contribution < 1.29 is 4.42 Å². The molecule has 1 aromatic heterocycles. The molecule has 1 atom stereocenters. The van der Waals surface area contributed by atoms with E-state index in [1.807, 2.05) is 11.8 Å². The number of hydrogen-bond acceptors (Lipinski definition) is 4. The number of benzene rings is 11. The topological polar surface area (TPSA) is 19.6 Å². The molecule has 0 saturated heterocycles. The van der Waals surface area contributed by atoms with E-state index in [1.54, 1.807) is 0 Å². The largest absolute Gasteiger partial charge is 0.454 e. The van der Waals surface area contributed by atoms with Crippen molar-refractivity contribution in [2.75, 3.05) is 9.80 Å². The Bertz CT molecular complexity index is 4570. The van der Waals surface area contributed by atoms with E-state index < -0.39 is 13.5 Å². The van der Waals surface area contributed by atoms with Crippen molar-refractivity contribution in [1.82, 2.24) is 0 Å². The summed E-state index contributed by atoms with van der Waals surface area (Å²) in [6.07, 6.45) is 0. The van der Waals surface area contributed by atoms with E-state index >= 15 is 0 Å². The number of aryl methyl sites for hydroxylation is 2. The lowest BCUT2D eigenvalue weighted by atomic mass is 9.67. The van der Waals surface area contributed by atoms with Gasteiger partial charge in [0.05, 0.1) is 24.9 Å². The fraction of sp³-hybridized carbons (Fsp3) is 0.220. The van der Waals surface area contributed by atoms with E-state index in [9.17, 15) is 0 Å². The van der Waals surface area contributed by atoms with Gasteiger partial charge in [0.1, 0.15) is 5.58 Å². The SMILES string of the molecule is Cc1cccc(N(c2ccc(C(C)(C)C)cc2)c2cc3c(c4ccccc24)-c2c(cc(N(c4ccc(C(C)(C)C)cc4)c4cccc(C)c4)c4oc5ccccc5c24)C3(c2ccc(Sc3ccc(C(C)(C)C)cc3)cc2)c2ccc([Si](C)(C)C)cc2)c1. The van der Waals surface area contributed by atoms with Gasteiger partial charge in [-0.3, -0.25) is 0 Å². The second-order valence-corrected chi connectivity index (χ2v) is 34.6. The number of hydrogen-bond donors (Lipinski definition) is 0. The third-order valence-corrected chi connectivity index (χ3v) is 21.2. The van der Waals surface area contributed by atoms with Crippen LogP contribution in [0.3, 0.4) is 0 Å². The van der Waals surface area contributed by atoms with Crippen LogP contribution >= 0.6 is 11.8 Å². The van der Waals surface area contributed by atoms with Gasteiger partial charge in [0, 0.05) is 48.7 Å². The van der Waals surface area contributed by atoms with E-state index in [0.717, 1.165) is 56.1 Å². The highest BCUT2D eigenvalue weighted by molar-refractivity contribution is 7.99. The lowest BCUT2D eigenvalue weighted by Gasteiger charge is -2.36. The lowest BCUT2D eigenvalue weighted by Crippen LogP contribution is -2.38.